The van der Waals surface area contributed by atoms with Crippen LogP contribution >= 0.6 is 39.1 Å². The third kappa shape index (κ3) is 3.64. The summed E-state index contributed by atoms with van der Waals surface area (Å²) in [5, 5.41) is 10.6. The molecule has 20 heavy (non-hydrogen) atoms. The SMILES string of the molecule is CCC(O)c1ccc(Oc2cc(Cl)c(Br)cc2Cl)cn1. The largest absolute Gasteiger partial charge is 0.454 e. The fraction of sp³-hybridized carbons (Fsp3) is 0.214. The number of aliphatic hydroxyl groups is 1. The normalized spacial score (nSPS) is 12.2. The highest BCUT2D eigenvalue weighted by atomic mass is 79.9. The number of nitrogens with zero attached hydrogens (tertiary/aromatic N) is 1. The molecule has 0 fully saturated rings. The number of pyridine rings is 1. The minimum atomic E-state index is -0.560. The van der Waals surface area contributed by atoms with E-state index in [0.717, 1.165) is 0 Å². The third-order valence-corrected chi connectivity index (χ3v) is 4.18. The van der Waals surface area contributed by atoms with Crippen LogP contribution in [0.1, 0.15) is 25.1 Å². The minimum Gasteiger partial charge on any atom is -0.454 e. The first-order valence-electron chi connectivity index (χ1n) is 5.97. The second kappa shape index (κ2) is 6.76. The molecule has 0 aliphatic heterocycles. The van der Waals surface area contributed by atoms with Gasteiger partial charge in [-0.1, -0.05) is 30.1 Å². The summed E-state index contributed by atoms with van der Waals surface area (Å²) in [5.74, 6) is 0.975. The molecule has 1 atom stereocenters. The van der Waals surface area contributed by atoms with Gasteiger partial charge in [-0.3, -0.25) is 4.98 Å². The van der Waals surface area contributed by atoms with E-state index in [2.05, 4.69) is 20.9 Å². The lowest BCUT2D eigenvalue weighted by Gasteiger charge is -2.10. The van der Waals surface area contributed by atoms with E-state index in [4.69, 9.17) is 27.9 Å². The predicted octanol–water partition coefficient (Wildman–Crippen LogP) is 5.39. The maximum Gasteiger partial charge on any atom is 0.147 e. The number of ether oxygens (including phenoxy) is 1. The van der Waals surface area contributed by atoms with Crippen molar-refractivity contribution in [2.24, 2.45) is 0 Å². The summed E-state index contributed by atoms with van der Waals surface area (Å²) < 4.78 is 6.34. The highest BCUT2D eigenvalue weighted by Crippen LogP contribution is 2.36. The van der Waals surface area contributed by atoms with Crippen LogP contribution < -0.4 is 4.74 Å². The third-order valence-electron chi connectivity index (χ3n) is 2.69. The van der Waals surface area contributed by atoms with Gasteiger partial charge < -0.3 is 9.84 Å². The van der Waals surface area contributed by atoms with Gasteiger partial charge in [0, 0.05) is 10.5 Å². The zero-order chi connectivity index (χ0) is 14.7. The van der Waals surface area contributed by atoms with E-state index < -0.39 is 6.10 Å². The van der Waals surface area contributed by atoms with Crippen molar-refractivity contribution in [3.05, 3.63) is 50.7 Å². The second-order valence-corrected chi connectivity index (χ2v) is 5.81. The maximum atomic E-state index is 9.67. The number of rotatable bonds is 4. The number of hydrogen-bond donors (Lipinski definition) is 1. The number of hydrogen-bond acceptors (Lipinski definition) is 3. The van der Waals surface area contributed by atoms with E-state index in [1.807, 2.05) is 6.92 Å². The average molecular weight is 377 g/mol. The molecule has 6 heteroatoms. The topological polar surface area (TPSA) is 42.4 Å². The Labute approximate surface area is 135 Å². The Morgan fingerprint density at radius 2 is 2.05 bits per heavy atom. The van der Waals surface area contributed by atoms with Gasteiger partial charge >= 0.3 is 0 Å². The van der Waals surface area contributed by atoms with Crippen molar-refractivity contribution >= 4 is 39.1 Å². The zero-order valence-corrected chi connectivity index (χ0v) is 13.7. The molecule has 0 aliphatic carbocycles. The van der Waals surface area contributed by atoms with Crippen LogP contribution in [0.2, 0.25) is 10.0 Å². The van der Waals surface area contributed by atoms with E-state index >= 15 is 0 Å². The molecule has 0 aliphatic rings. The molecule has 106 valence electrons. The van der Waals surface area contributed by atoms with Gasteiger partial charge in [-0.15, -0.1) is 0 Å². The molecule has 0 saturated heterocycles. The quantitative estimate of drug-likeness (QED) is 0.727. The van der Waals surface area contributed by atoms with Crippen molar-refractivity contribution in [1.29, 1.82) is 0 Å². The van der Waals surface area contributed by atoms with Crippen molar-refractivity contribution in [3.63, 3.8) is 0 Å². The van der Waals surface area contributed by atoms with Crippen molar-refractivity contribution in [2.75, 3.05) is 0 Å². The highest BCUT2D eigenvalue weighted by Gasteiger charge is 2.10. The van der Waals surface area contributed by atoms with E-state index in [0.29, 0.717) is 38.1 Å². The number of aromatic nitrogens is 1. The molecule has 1 N–H and O–H groups in total. The van der Waals surface area contributed by atoms with Gasteiger partial charge in [0.2, 0.25) is 0 Å². The summed E-state index contributed by atoms with van der Waals surface area (Å²) in [7, 11) is 0. The van der Waals surface area contributed by atoms with E-state index in [-0.39, 0.29) is 0 Å². The van der Waals surface area contributed by atoms with Crippen LogP contribution in [0.25, 0.3) is 0 Å². The standard InChI is InChI=1S/C14H12BrCl2NO2/c1-2-13(19)12-4-3-8(7-18-12)20-14-6-10(16)9(15)5-11(14)17/h3-7,13,19H,2H2,1H3. The van der Waals surface area contributed by atoms with E-state index in [1.165, 1.54) is 0 Å². The fourth-order valence-electron chi connectivity index (χ4n) is 1.57. The maximum absolute atomic E-state index is 9.67. The molecule has 2 aromatic rings. The Morgan fingerprint density at radius 1 is 1.30 bits per heavy atom. The Hall–Kier alpha value is -0.810. The Morgan fingerprint density at radius 3 is 2.65 bits per heavy atom. The molecule has 1 aromatic carbocycles. The summed E-state index contributed by atoms with van der Waals surface area (Å²) in [6, 6.07) is 6.75. The Bertz CT molecular complexity index is 605. The van der Waals surface area contributed by atoms with Gasteiger partial charge in [-0.2, -0.15) is 0 Å². The molecular weight excluding hydrogens is 365 g/mol. The van der Waals surface area contributed by atoms with Crippen LogP contribution in [0.3, 0.4) is 0 Å². The van der Waals surface area contributed by atoms with E-state index in [9.17, 15) is 5.11 Å². The molecule has 0 amide bonds. The summed E-state index contributed by atoms with van der Waals surface area (Å²) in [5.41, 5.74) is 0.611. The monoisotopic (exact) mass is 375 g/mol. The molecule has 2 rings (SSSR count). The van der Waals surface area contributed by atoms with Gasteiger partial charge in [-0.25, -0.2) is 0 Å². The van der Waals surface area contributed by atoms with Crippen LogP contribution in [0, 0.1) is 0 Å². The van der Waals surface area contributed by atoms with E-state index in [1.54, 1.807) is 30.5 Å². The second-order valence-electron chi connectivity index (χ2n) is 4.14. The van der Waals surface area contributed by atoms with Crippen LogP contribution in [0.15, 0.2) is 34.9 Å². The van der Waals surface area contributed by atoms with Gasteiger partial charge in [-0.05, 0) is 40.5 Å². The van der Waals surface area contributed by atoms with Crippen LogP contribution in [-0.2, 0) is 0 Å². The van der Waals surface area contributed by atoms with Crippen molar-refractivity contribution < 1.29 is 9.84 Å². The molecule has 1 heterocycles. The molecule has 0 bridgehead atoms. The van der Waals surface area contributed by atoms with Crippen LogP contribution in [-0.4, -0.2) is 10.1 Å². The van der Waals surface area contributed by atoms with Gasteiger partial charge in [0.1, 0.15) is 11.5 Å². The molecule has 1 aromatic heterocycles. The molecule has 1 unspecified atom stereocenters. The van der Waals surface area contributed by atoms with Crippen molar-refractivity contribution in [3.8, 4) is 11.5 Å². The molecule has 0 saturated carbocycles. The summed E-state index contributed by atoms with van der Waals surface area (Å²) >= 11 is 15.4. The van der Waals surface area contributed by atoms with Crippen molar-refractivity contribution in [1.82, 2.24) is 4.98 Å². The van der Waals surface area contributed by atoms with Gasteiger partial charge in [0.15, 0.2) is 0 Å². The number of aliphatic hydroxyl groups excluding tert-OH is 1. The Kier molecular flexibility index (Phi) is 5.27. The molecule has 0 spiro atoms. The number of benzene rings is 1. The van der Waals surface area contributed by atoms with Crippen LogP contribution in [0.5, 0.6) is 11.5 Å². The molecular formula is C14H12BrCl2NO2. The Balaban J connectivity index is 2.20. The lowest BCUT2D eigenvalue weighted by Crippen LogP contribution is -1.98. The summed E-state index contributed by atoms with van der Waals surface area (Å²) in [6.07, 6.45) is 1.59. The first-order valence-corrected chi connectivity index (χ1v) is 7.52. The van der Waals surface area contributed by atoms with Gasteiger partial charge in [0.05, 0.1) is 28.0 Å². The zero-order valence-electron chi connectivity index (χ0n) is 10.6. The average Bonchev–Trinajstić information content (AvgIpc) is 2.44. The molecule has 0 radical (unpaired) electrons. The lowest BCUT2D eigenvalue weighted by atomic mass is 10.2. The summed E-state index contributed by atoms with van der Waals surface area (Å²) in [4.78, 5) is 4.15. The van der Waals surface area contributed by atoms with Gasteiger partial charge in [0.25, 0.3) is 0 Å². The smallest absolute Gasteiger partial charge is 0.147 e. The summed E-state index contributed by atoms with van der Waals surface area (Å²) in [6.45, 7) is 1.89. The number of halogens is 3. The fourth-order valence-corrected chi connectivity index (χ4v) is 2.40. The highest BCUT2D eigenvalue weighted by molar-refractivity contribution is 9.10. The van der Waals surface area contributed by atoms with Crippen LogP contribution in [0.4, 0.5) is 0 Å². The molecule has 3 nitrogen and oxygen atoms in total. The predicted molar refractivity (Wildman–Crippen MR) is 83.7 cm³/mol. The van der Waals surface area contributed by atoms with Crippen molar-refractivity contribution in [2.45, 2.75) is 19.4 Å². The minimum absolute atomic E-state index is 0.443. The first-order chi connectivity index (χ1) is 9.51. The first kappa shape index (κ1) is 15.6. The lowest BCUT2D eigenvalue weighted by molar-refractivity contribution is 0.169.